The molecule has 2 rings (SSSR count). The molecule has 2 aromatic rings. The van der Waals surface area contributed by atoms with Crippen molar-refractivity contribution in [2.75, 3.05) is 11.9 Å². The standard InChI is InChI=1S/C13H20N6OS/c1-4-7-14-10-8-11(16-9(5-2)15-10)21-13-18-17-12(20)19(13)6-3/h8H,4-7H2,1-3H3,(H,17,20)(H,14,15,16). The molecular formula is C13H20N6OS. The average molecular weight is 308 g/mol. The van der Waals surface area contributed by atoms with Crippen LogP contribution < -0.4 is 11.0 Å². The van der Waals surface area contributed by atoms with Gasteiger partial charge < -0.3 is 5.32 Å². The van der Waals surface area contributed by atoms with Crippen molar-refractivity contribution in [1.29, 1.82) is 0 Å². The highest BCUT2D eigenvalue weighted by Crippen LogP contribution is 2.25. The van der Waals surface area contributed by atoms with Crippen molar-refractivity contribution in [3.63, 3.8) is 0 Å². The number of hydrogen-bond acceptors (Lipinski definition) is 6. The first-order valence-corrected chi connectivity index (χ1v) is 7.94. The van der Waals surface area contributed by atoms with Gasteiger partial charge in [-0.25, -0.2) is 19.9 Å². The van der Waals surface area contributed by atoms with E-state index in [4.69, 9.17) is 0 Å². The molecule has 114 valence electrons. The summed E-state index contributed by atoms with van der Waals surface area (Å²) < 4.78 is 1.58. The fourth-order valence-corrected chi connectivity index (χ4v) is 2.70. The Morgan fingerprint density at radius 2 is 2.14 bits per heavy atom. The summed E-state index contributed by atoms with van der Waals surface area (Å²) in [6, 6.07) is 1.89. The third-order valence-electron chi connectivity index (χ3n) is 2.86. The van der Waals surface area contributed by atoms with Gasteiger partial charge in [0.15, 0.2) is 5.16 Å². The number of rotatable bonds is 7. The van der Waals surface area contributed by atoms with Crippen LogP contribution in [0.4, 0.5) is 5.82 Å². The summed E-state index contributed by atoms with van der Waals surface area (Å²) in [5, 5.41) is 11.2. The molecular weight excluding hydrogens is 288 g/mol. The van der Waals surface area contributed by atoms with E-state index in [2.05, 4.69) is 32.4 Å². The van der Waals surface area contributed by atoms with E-state index < -0.39 is 0 Å². The zero-order valence-electron chi connectivity index (χ0n) is 12.5. The van der Waals surface area contributed by atoms with Crippen LogP contribution in [0.25, 0.3) is 0 Å². The summed E-state index contributed by atoms with van der Waals surface area (Å²) >= 11 is 1.37. The Morgan fingerprint density at radius 3 is 2.81 bits per heavy atom. The zero-order valence-corrected chi connectivity index (χ0v) is 13.3. The molecule has 2 heterocycles. The number of aromatic nitrogens is 5. The first-order valence-electron chi connectivity index (χ1n) is 7.12. The number of hydrogen-bond donors (Lipinski definition) is 2. The second kappa shape index (κ2) is 7.26. The van der Waals surface area contributed by atoms with Crippen LogP contribution in [-0.4, -0.2) is 31.3 Å². The number of aryl methyl sites for hydroxylation is 1. The van der Waals surface area contributed by atoms with Crippen LogP contribution in [0.2, 0.25) is 0 Å². The lowest BCUT2D eigenvalue weighted by Gasteiger charge is -2.08. The largest absolute Gasteiger partial charge is 0.370 e. The van der Waals surface area contributed by atoms with E-state index in [0.717, 1.165) is 36.1 Å². The van der Waals surface area contributed by atoms with Crippen molar-refractivity contribution < 1.29 is 0 Å². The van der Waals surface area contributed by atoms with Crippen molar-refractivity contribution in [1.82, 2.24) is 24.7 Å². The molecule has 0 amide bonds. The fourth-order valence-electron chi connectivity index (χ4n) is 1.78. The molecule has 2 aromatic heterocycles. The predicted octanol–water partition coefficient (Wildman–Crippen LogP) is 1.92. The van der Waals surface area contributed by atoms with Crippen LogP contribution in [-0.2, 0) is 13.0 Å². The highest BCUT2D eigenvalue weighted by atomic mass is 32.2. The third kappa shape index (κ3) is 3.84. The monoisotopic (exact) mass is 308 g/mol. The summed E-state index contributed by atoms with van der Waals surface area (Å²) in [5.74, 6) is 1.59. The third-order valence-corrected chi connectivity index (χ3v) is 3.77. The molecule has 21 heavy (non-hydrogen) atoms. The molecule has 2 N–H and O–H groups in total. The normalized spacial score (nSPS) is 10.8. The number of H-pyrrole nitrogens is 1. The molecule has 8 heteroatoms. The van der Waals surface area contributed by atoms with Crippen molar-refractivity contribution in [3.05, 3.63) is 22.4 Å². The lowest BCUT2D eigenvalue weighted by atomic mass is 10.4. The van der Waals surface area contributed by atoms with Crippen LogP contribution in [0.5, 0.6) is 0 Å². The van der Waals surface area contributed by atoms with Gasteiger partial charge in [-0.2, -0.15) is 0 Å². The smallest absolute Gasteiger partial charge is 0.343 e. The molecule has 0 saturated carbocycles. The first-order chi connectivity index (χ1) is 10.2. The molecule has 0 atom stereocenters. The van der Waals surface area contributed by atoms with Gasteiger partial charge in [-0.05, 0) is 25.1 Å². The Hall–Kier alpha value is -1.83. The van der Waals surface area contributed by atoms with Gasteiger partial charge in [0, 0.05) is 25.6 Å². The SMILES string of the molecule is CCCNc1cc(Sc2n[nH]c(=O)n2CC)nc(CC)n1. The second-order valence-corrected chi connectivity index (χ2v) is 5.43. The Morgan fingerprint density at radius 1 is 1.33 bits per heavy atom. The highest BCUT2D eigenvalue weighted by molar-refractivity contribution is 7.99. The van der Waals surface area contributed by atoms with Gasteiger partial charge in [-0.15, -0.1) is 5.10 Å². The topological polar surface area (TPSA) is 88.5 Å². The minimum atomic E-state index is -0.200. The molecule has 0 saturated heterocycles. The van der Waals surface area contributed by atoms with Crippen molar-refractivity contribution in [2.24, 2.45) is 0 Å². The van der Waals surface area contributed by atoms with Gasteiger partial charge in [-0.1, -0.05) is 13.8 Å². The lowest BCUT2D eigenvalue weighted by molar-refractivity contribution is 0.660. The fraction of sp³-hybridized carbons (Fsp3) is 0.538. The zero-order chi connectivity index (χ0) is 15.2. The van der Waals surface area contributed by atoms with E-state index in [1.54, 1.807) is 4.57 Å². The number of nitrogens with one attached hydrogen (secondary N) is 2. The molecule has 0 fully saturated rings. The average Bonchev–Trinajstić information content (AvgIpc) is 2.84. The maximum Gasteiger partial charge on any atom is 0.343 e. The Kier molecular flexibility index (Phi) is 5.38. The minimum absolute atomic E-state index is 0.200. The summed E-state index contributed by atoms with van der Waals surface area (Å²) in [5.41, 5.74) is -0.200. The van der Waals surface area contributed by atoms with Crippen LogP contribution in [0.15, 0.2) is 21.0 Å². The second-order valence-electron chi connectivity index (χ2n) is 4.45. The van der Waals surface area contributed by atoms with E-state index >= 15 is 0 Å². The molecule has 0 spiro atoms. The van der Waals surface area contributed by atoms with E-state index in [1.165, 1.54) is 11.8 Å². The summed E-state index contributed by atoms with van der Waals surface area (Å²) in [7, 11) is 0. The summed E-state index contributed by atoms with van der Waals surface area (Å²) in [4.78, 5) is 20.5. The van der Waals surface area contributed by atoms with E-state index in [-0.39, 0.29) is 5.69 Å². The maximum absolute atomic E-state index is 11.6. The van der Waals surface area contributed by atoms with Crippen molar-refractivity contribution in [3.8, 4) is 0 Å². The van der Waals surface area contributed by atoms with Crippen molar-refractivity contribution in [2.45, 2.75) is 50.3 Å². The molecule has 0 aliphatic rings. The van der Waals surface area contributed by atoms with Crippen LogP contribution in [0.1, 0.15) is 33.0 Å². The van der Waals surface area contributed by atoms with Gasteiger partial charge in [0.1, 0.15) is 16.7 Å². The molecule has 0 aliphatic heterocycles. The maximum atomic E-state index is 11.6. The van der Waals surface area contributed by atoms with E-state index in [0.29, 0.717) is 11.7 Å². The molecule has 0 aromatic carbocycles. The molecule has 0 bridgehead atoms. The molecule has 7 nitrogen and oxygen atoms in total. The van der Waals surface area contributed by atoms with Crippen LogP contribution in [0.3, 0.4) is 0 Å². The first kappa shape index (κ1) is 15.6. The molecule has 0 radical (unpaired) electrons. The number of nitrogens with zero attached hydrogens (tertiary/aromatic N) is 4. The molecule has 0 unspecified atom stereocenters. The lowest BCUT2D eigenvalue weighted by Crippen LogP contribution is -2.16. The van der Waals surface area contributed by atoms with Gasteiger partial charge in [-0.3, -0.25) is 4.57 Å². The van der Waals surface area contributed by atoms with E-state index in [1.807, 2.05) is 19.9 Å². The van der Waals surface area contributed by atoms with Crippen LogP contribution >= 0.6 is 11.8 Å². The van der Waals surface area contributed by atoms with E-state index in [9.17, 15) is 4.79 Å². The Balaban J connectivity index is 2.27. The Labute approximate surface area is 127 Å². The van der Waals surface area contributed by atoms with Crippen LogP contribution in [0, 0.1) is 0 Å². The van der Waals surface area contributed by atoms with Gasteiger partial charge in [0.05, 0.1) is 0 Å². The van der Waals surface area contributed by atoms with Crippen molar-refractivity contribution >= 4 is 17.6 Å². The quantitative estimate of drug-likeness (QED) is 0.760. The predicted molar refractivity (Wildman–Crippen MR) is 82.8 cm³/mol. The minimum Gasteiger partial charge on any atom is -0.370 e. The summed E-state index contributed by atoms with van der Waals surface area (Å²) in [6.07, 6.45) is 1.79. The number of aromatic amines is 1. The Bertz CT molecular complexity index is 650. The summed E-state index contributed by atoms with van der Waals surface area (Å²) in [6.45, 7) is 7.47. The van der Waals surface area contributed by atoms with Gasteiger partial charge in [0.2, 0.25) is 0 Å². The highest BCUT2D eigenvalue weighted by Gasteiger charge is 2.11. The van der Waals surface area contributed by atoms with Gasteiger partial charge >= 0.3 is 5.69 Å². The number of anilines is 1. The molecule has 0 aliphatic carbocycles. The van der Waals surface area contributed by atoms with Gasteiger partial charge in [0.25, 0.3) is 0 Å².